The molecule has 0 fully saturated rings. The highest BCUT2D eigenvalue weighted by molar-refractivity contribution is 9.10. The lowest BCUT2D eigenvalue weighted by Crippen LogP contribution is -2.18. The Morgan fingerprint density at radius 3 is 2.86 bits per heavy atom. The van der Waals surface area contributed by atoms with E-state index in [0.29, 0.717) is 6.61 Å². The molecule has 1 aromatic carbocycles. The van der Waals surface area contributed by atoms with Crippen LogP contribution in [-0.2, 0) is 11.3 Å². The summed E-state index contributed by atoms with van der Waals surface area (Å²) in [6, 6.07) is 10.0. The maximum absolute atomic E-state index is 6.32. The zero-order chi connectivity index (χ0) is 15.1. The third-order valence-corrected chi connectivity index (χ3v) is 4.51. The van der Waals surface area contributed by atoms with Crippen LogP contribution in [0.4, 0.5) is 0 Å². The normalized spacial score (nSPS) is 10.8. The van der Waals surface area contributed by atoms with Crippen molar-refractivity contribution in [3.8, 4) is 0 Å². The van der Waals surface area contributed by atoms with Gasteiger partial charge in [-0.05, 0) is 45.8 Å². The second-order valence-electron chi connectivity index (χ2n) is 4.34. The van der Waals surface area contributed by atoms with Gasteiger partial charge >= 0.3 is 0 Å². The minimum Gasteiger partial charge on any atom is -0.383 e. The van der Waals surface area contributed by atoms with Crippen molar-refractivity contribution in [2.45, 2.75) is 16.5 Å². The number of hydrogen-bond acceptors (Lipinski definition) is 4. The molecule has 1 aromatic heterocycles. The first-order chi connectivity index (χ1) is 10.2. The van der Waals surface area contributed by atoms with Crippen molar-refractivity contribution in [3.63, 3.8) is 0 Å². The molecule has 1 N–H and O–H groups in total. The number of aromatic nitrogens is 1. The summed E-state index contributed by atoms with van der Waals surface area (Å²) in [5.74, 6) is 0. The van der Waals surface area contributed by atoms with Crippen LogP contribution >= 0.6 is 39.3 Å². The van der Waals surface area contributed by atoms with Crippen molar-refractivity contribution >= 4 is 39.3 Å². The number of pyridine rings is 1. The fourth-order valence-electron chi connectivity index (χ4n) is 1.68. The minimum atomic E-state index is 0.695. The first-order valence-electron chi connectivity index (χ1n) is 6.46. The number of ether oxygens (including phenoxy) is 1. The molecule has 0 spiro atoms. The van der Waals surface area contributed by atoms with Gasteiger partial charge in [0.25, 0.3) is 0 Å². The largest absolute Gasteiger partial charge is 0.383 e. The number of nitrogens with zero attached hydrogens (tertiary/aromatic N) is 1. The number of hydrogen-bond donors (Lipinski definition) is 1. The van der Waals surface area contributed by atoms with Gasteiger partial charge in [-0.2, -0.15) is 0 Å². The summed E-state index contributed by atoms with van der Waals surface area (Å²) < 4.78 is 5.97. The standard InChI is InChI=1S/C15H16BrClN2OS/c1-20-7-6-18-9-11-2-4-13(8-14(11)17)21-15-5-3-12(16)10-19-15/h2-5,8,10,18H,6-7,9H2,1H3. The van der Waals surface area contributed by atoms with E-state index in [4.69, 9.17) is 16.3 Å². The number of benzene rings is 1. The molecule has 0 aliphatic rings. The highest BCUT2D eigenvalue weighted by Gasteiger charge is 2.04. The van der Waals surface area contributed by atoms with Crippen molar-refractivity contribution in [2.75, 3.05) is 20.3 Å². The average molecular weight is 388 g/mol. The number of methoxy groups -OCH3 is 1. The molecule has 0 bridgehead atoms. The molecule has 112 valence electrons. The Labute approximate surface area is 142 Å². The Morgan fingerprint density at radius 2 is 2.19 bits per heavy atom. The van der Waals surface area contributed by atoms with E-state index >= 15 is 0 Å². The van der Waals surface area contributed by atoms with E-state index in [-0.39, 0.29) is 0 Å². The van der Waals surface area contributed by atoms with Gasteiger partial charge < -0.3 is 10.1 Å². The summed E-state index contributed by atoms with van der Waals surface area (Å²) in [5, 5.41) is 5.00. The molecule has 0 atom stereocenters. The average Bonchev–Trinajstić information content (AvgIpc) is 2.48. The Bertz CT molecular complexity index is 580. The Balaban J connectivity index is 1.96. The molecule has 0 unspecified atom stereocenters. The third kappa shape index (κ3) is 5.60. The molecule has 21 heavy (non-hydrogen) atoms. The highest BCUT2D eigenvalue weighted by Crippen LogP contribution is 2.30. The molecule has 2 rings (SSSR count). The summed E-state index contributed by atoms with van der Waals surface area (Å²) in [7, 11) is 1.69. The van der Waals surface area contributed by atoms with Gasteiger partial charge in [0.15, 0.2) is 0 Å². The molecule has 1 heterocycles. The van der Waals surface area contributed by atoms with E-state index in [1.165, 1.54) is 0 Å². The van der Waals surface area contributed by atoms with E-state index in [1.807, 2.05) is 24.3 Å². The van der Waals surface area contributed by atoms with Crippen LogP contribution in [0.1, 0.15) is 5.56 Å². The van der Waals surface area contributed by atoms with E-state index in [1.54, 1.807) is 25.1 Å². The van der Waals surface area contributed by atoms with Gasteiger partial charge in [0.2, 0.25) is 0 Å². The van der Waals surface area contributed by atoms with Crippen molar-refractivity contribution < 1.29 is 4.74 Å². The number of halogens is 2. The lowest BCUT2D eigenvalue weighted by molar-refractivity contribution is 0.199. The molecule has 0 radical (unpaired) electrons. The topological polar surface area (TPSA) is 34.1 Å². The van der Waals surface area contributed by atoms with Gasteiger partial charge in [-0.15, -0.1) is 0 Å². The van der Waals surface area contributed by atoms with Gasteiger partial charge in [0, 0.05) is 40.8 Å². The lowest BCUT2D eigenvalue weighted by Gasteiger charge is -2.08. The van der Waals surface area contributed by atoms with Crippen molar-refractivity contribution in [3.05, 3.63) is 51.6 Å². The molecule has 6 heteroatoms. The maximum atomic E-state index is 6.32. The number of nitrogens with one attached hydrogen (secondary N) is 1. The second-order valence-corrected chi connectivity index (χ2v) is 6.76. The molecule has 0 aliphatic carbocycles. The molecule has 2 aromatic rings. The van der Waals surface area contributed by atoms with Crippen LogP contribution < -0.4 is 5.32 Å². The van der Waals surface area contributed by atoms with E-state index in [2.05, 4.69) is 32.3 Å². The van der Waals surface area contributed by atoms with E-state index in [9.17, 15) is 0 Å². The van der Waals surface area contributed by atoms with Gasteiger partial charge in [0.1, 0.15) is 5.03 Å². The molecule has 0 saturated heterocycles. The maximum Gasteiger partial charge on any atom is 0.101 e. The Morgan fingerprint density at radius 1 is 1.33 bits per heavy atom. The predicted octanol–water partition coefficient (Wildman–Crippen LogP) is 4.38. The van der Waals surface area contributed by atoms with Crippen LogP contribution in [0.25, 0.3) is 0 Å². The summed E-state index contributed by atoms with van der Waals surface area (Å²) in [5.41, 5.74) is 1.08. The van der Waals surface area contributed by atoms with Crippen LogP contribution in [0.5, 0.6) is 0 Å². The van der Waals surface area contributed by atoms with Crippen molar-refractivity contribution in [1.29, 1.82) is 0 Å². The zero-order valence-electron chi connectivity index (χ0n) is 11.6. The van der Waals surface area contributed by atoms with Crippen LogP contribution in [0.2, 0.25) is 5.02 Å². The summed E-state index contributed by atoms with van der Waals surface area (Å²) in [6.45, 7) is 2.25. The molecular formula is C15H16BrClN2OS. The third-order valence-electron chi connectivity index (χ3n) is 2.75. The van der Waals surface area contributed by atoms with Gasteiger partial charge in [0.05, 0.1) is 6.61 Å². The highest BCUT2D eigenvalue weighted by atomic mass is 79.9. The minimum absolute atomic E-state index is 0.695. The molecular weight excluding hydrogens is 372 g/mol. The van der Waals surface area contributed by atoms with E-state index in [0.717, 1.165) is 38.1 Å². The summed E-state index contributed by atoms with van der Waals surface area (Å²) in [4.78, 5) is 5.42. The Hall–Kier alpha value is -0.590. The van der Waals surface area contributed by atoms with Crippen LogP contribution in [0.15, 0.2) is 50.9 Å². The molecule has 0 aliphatic heterocycles. The fraction of sp³-hybridized carbons (Fsp3) is 0.267. The summed E-state index contributed by atoms with van der Waals surface area (Å²) in [6.07, 6.45) is 1.79. The van der Waals surface area contributed by atoms with Gasteiger partial charge in [-0.3, -0.25) is 0 Å². The predicted molar refractivity (Wildman–Crippen MR) is 91.1 cm³/mol. The first kappa shape index (κ1) is 16.8. The first-order valence-corrected chi connectivity index (χ1v) is 8.45. The van der Waals surface area contributed by atoms with Crippen molar-refractivity contribution in [2.24, 2.45) is 0 Å². The quantitative estimate of drug-likeness (QED) is 0.715. The van der Waals surface area contributed by atoms with Crippen LogP contribution in [0, 0.1) is 0 Å². The smallest absolute Gasteiger partial charge is 0.101 e. The van der Waals surface area contributed by atoms with Crippen molar-refractivity contribution in [1.82, 2.24) is 10.3 Å². The second kappa shape index (κ2) is 8.76. The van der Waals surface area contributed by atoms with Gasteiger partial charge in [-0.1, -0.05) is 29.4 Å². The molecule has 0 saturated carbocycles. The Kier molecular flexibility index (Phi) is 6.99. The SMILES string of the molecule is COCCNCc1ccc(Sc2ccc(Br)cn2)cc1Cl. The van der Waals surface area contributed by atoms with E-state index < -0.39 is 0 Å². The summed E-state index contributed by atoms with van der Waals surface area (Å²) >= 11 is 11.3. The molecule has 0 amide bonds. The lowest BCUT2D eigenvalue weighted by atomic mass is 10.2. The zero-order valence-corrected chi connectivity index (χ0v) is 14.8. The monoisotopic (exact) mass is 386 g/mol. The molecule has 3 nitrogen and oxygen atoms in total. The van der Waals surface area contributed by atoms with Gasteiger partial charge in [-0.25, -0.2) is 4.98 Å². The van der Waals surface area contributed by atoms with Crippen LogP contribution in [0.3, 0.4) is 0 Å². The fourth-order valence-corrected chi connectivity index (χ4v) is 3.02. The number of rotatable bonds is 7. The van der Waals surface area contributed by atoms with Crippen LogP contribution in [-0.4, -0.2) is 25.2 Å².